The zero-order chi connectivity index (χ0) is 20.1. The predicted octanol–water partition coefficient (Wildman–Crippen LogP) is 1.95. The topological polar surface area (TPSA) is 84.9 Å². The van der Waals surface area contributed by atoms with Crippen LogP contribution in [-0.4, -0.2) is 52.0 Å². The molecule has 2 aromatic carbocycles. The molecule has 1 N–H and O–H groups in total. The van der Waals surface area contributed by atoms with Gasteiger partial charge in [0.1, 0.15) is 10.6 Å². The molecule has 1 amide bonds. The van der Waals surface area contributed by atoms with Crippen LogP contribution in [-0.2, 0) is 14.8 Å². The monoisotopic (exact) mass is 400 g/mol. The number of amides is 1. The van der Waals surface area contributed by atoms with Crippen molar-refractivity contribution in [3.05, 3.63) is 53.6 Å². The molecule has 28 heavy (non-hydrogen) atoms. The number of terminal acetylenes is 1. The molecule has 0 spiro atoms. The van der Waals surface area contributed by atoms with Crippen LogP contribution in [0.2, 0.25) is 0 Å². The summed E-state index contributed by atoms with van der Waals surface area (Å²) < 4.78 is 37.8. The third-order valence-corrected chi connectivity index (χ3v) is 6.22. The number of carbonyl (C=O) groups is 1. The summed E-state index contributed by atoms with van der Waals surface area (Å²) in [6, 6.07) is 11.1. The van der Waals surface area contributed by atoms with Crippen molar-refractivity contribution in [1.29, 1.82) is 0 Å². The Bertz CT molecular complexity index is 1020. The molecule has 0 radical (unpaired) electrons. The highest BCUT2D eigenvalue weighted by Crippen LogP contribution is 2.28. The van der Waals surface area contributed by atoms with E-state index in [0.717, 1.165) is 0 Å². The van der Waals surface area contributed by atoms with Crippen LogP contribution in [0.5, 0.6) is 5.75 Å². The average molecular weight is 400 g/mol. The number of benzene rings is 2. The lowest BCUT2D eigenvalue weighted by Crippen LogP contribution is -2.40. The highest BCUT2D eigenvalue weighted by Gasteiger charge is 2.30. The molecule has 2 aromatic rings. The normalized spacial score (nSPS) is 14.9. The fourth-order valence-electron chi connectivity index (χ4n) is 2.84. The maximum Gasteiger partial charge on any atom is 0.255 e. The van der Waals surface area contributed by atoms with Crippen molar-refractivity contribution in [2.24, 2.45) is 0 Å². The molecule has 0 saturated carbocycles. The van der Waals surface area contributed by atoms with Crippen LogP contribution in [0.4, 0.5) is 5.69 Å². The first-order chi connectivity index (χ1) is 13.5. The van der Waals surface area contributed by atoms with E-state index in [1.54, 1.807) is 24.3 Å². The summed E-state index contributed by atoms with van der Waals surface area (Å²) in [5.74, 6) is 2.23. The van der Waals surface area contributed by atoms with E-state index in [1.807, 2.05) is 0 Å². The van der Waals surface area contributed by atoms with Crippen LogP contribution in [0.15, 0.2) is 47.4 Å². The largest absolute Gasteiger partial charge is 0.495 e. The van der Waals surface area contributed by atoms with Crippen LogP contribution >= 0.6 is 0 Å². The number of carbonyl (C=O) groups excluding carboxylic acids is 1. The van der Waals surface area contributed by atoms with Crippen molar-refractivity contribution in [2.45, 2.75) is 4.90 Å². The summed E-state index contributed by atoms with van der Waals surface area (Å²) in [6.45, 7) is 1.15. The maximum absolute atomic E-state index is 13.0. The second kappa shape index (κ2) is 8.44. The number of nitrogens with one attached hydrogen (secondary N) is 1. The SMILES string of the molecule is C#Cc1cccc(NC(=O)c2ccc(OC)c(S(=O)(=O)N3CCOCC3)c2)c1. The lowest BCUT2D eigenvalue weighted by atomic mass is 10.1. The summed E-state index contributed by atoms with van der Waals surface area (Å²) in [5, 5.41) is 2.72. The van der Waals surface area contributed by atoms with E-state index in [9.17, 15) is 13.2 Å². The minimum atomic E-state index is -3.82. The molecule has 7 nitrogen and oxygen atoms in total. The van der Waals surface area contributed by atoms with E-state index in [4.69, 9.17) is 15.9 Å². The highest BCUT2D eigenvalue weighted by molar-refractivity contribution is 7.89. The summed E-state index contributed by atoms with van der Waals surface area (Å²) >= 11 is 0. The van der Waals surface area contributed by atoms with Gasteiger partial charge in [-0.2, -0.15) is 4.31 Å². The van der Waals surface area contributed by atoms with Crippen molar-refractivity contribution >= 4 is 21.6 Å². The summed E-state index contributed by atoms with van der Waals surface area (Å²) in [4.78, 5) is 12.6. The Kier molecular flexibility index (Phi) is 5.99. The zero-order valence-electron chi connectivity index (χ0n) is 15.3. The Morgan fingerprint density at radius 2 is 1.96 bits per heavy atom. The van der Waals surface area contributed by atoms with Crippen molar-refractivity contribution in [1.82, 2.24) is 4.31 Å². The van der Waals surface area contributed by atoms with Gasteiger partial charge in [-0.05, 0) is 36.4 Å². The molecule has 1 fully saturated rings. The summed E-state index contributed by atoms with van der Waals surface area (Å²) in [7, 11) is -2.43. The molecule has 1 aliphatic rings. The van der Waals surface area contributed by atoms with Gasteiger partial charge in [0.2, 0.25) is 10.0 Å². The number of rotatable bonds is 5. The van der Waals surface area contributed by atoms with E-state index in [0.29, 0.717) is 24.5 Å². The number of morpholine rings is 1. The second-order valence-corrected chi connectivity index (χ2v) is 7.97. The van der Waals surface area contributed by atoms with Crippen molar-refractivity contribution in [3.63, 3.8) is 0 Å². The number of nitrogens with zero attached hydrogens (tertiary/aromatic N) is 1. The standard InChI is InChI=1S/C20H20N2O5S/c1-3-15-5-4-6-17(13-15)21-20(23)16-7-8-18(26-2)19(14-16)28(24,25)22-9-11-27-12-10-22/h1,4-8,13-14H,9-12H2,2H3,(H,21,23). The quantitative estimate of drug-likeness (QED) is 0.776. The molecular weight excluding hydrogens is 380 g/mol. The zero-order valence-corrected chi connectivity index (χ0v) is 16.2. The lowest BCUT2D eigenvalue weighted by molar-refractivity contribution is 0.0729. The van der Waals surface area contributed by atoms with Gasteiger partial charge >= 0.3 is 0 Å². The van der Waals surface area contributed by atoms with Crippen molar-refractivity contribution in [2.75, 3.05) is 38.7 Å². The summed E-state index contributed by atoms with van der Waals surface area (Å²) in [5.41, 5.74) is 1.34. The third kappa shape index (κ3) is 4.17. The maximum atomic E-state index is 13.0. The molecule has 146 valence electrons. The van der Waals surface area contributed by atoms with Gasteiger partial charge in [0, 0.05) is 29.9 Å². The van der Waals surface area contributed by atoms with Crippen LogP contribution < -0.4 is 10.1 Å². The molecule has 0 unspecified atom stereocenters. The fourth-order valence-corrected chi connectivity index (χ4v) is 4.43. The molecule has 0 atom stereocenters. The number of anilines is 1. The Balaban J connectivity index is 1.91. The molecule has 1 heterocycles. The number of hydrogen-bond acceptors (Lipinski definition) is 5. The van der Waals surface area contributed by atoms with Gasteiger partial charge in [-0.1, -0.05) is 12.0 Å². The minimum absolute atomic E-state index is 0.0538. The molecule has 3 rings (SSSR count). The average Bonchev–Trinajstić information content (AvgIpc) is 2.74. The van der Waals surface area contributed by atoms with E-state index in [-0.39, 0.29) is 29.3 Å². The van der Waals surface area contributed by atoms with Crippen LogP contribution in [0.25, 0.3) is 0 Å². The molecule has 1 aliphatic heterocycles. The minimum Gasteiger partial charge on any atom is -0.495 e. The van der Waals surface area contributed by atoms with Gasteiger partial charge < -0.3 is 14.8 Å². The van der Waals surface area contributed by atoms with Crippen LogP contribution in [0.1, 0.15) is 15.9 Å². The van der Waals surface area contributed by atoms with Gasteiger partial charge in [0.25, 0.3) is 5.91 Å². The van der Waals surface area contributed by atoms with Crippen LogP contribution in [0, 0.1) is 12.3 Å². The van der Waals surface area contributed by atoms with Gasteiger partial charge in [0.15, 0.2) is 0 Å². The molecular formula is C20H20N2O5S. The lowest BCUT2D eigenvalue weighted by Gasteiger charge is -2.26. The first-order valence-corrected chi connectivity index (χ1v) is 10.0. The van der Waals surface area contributed by atoms with E-state index >= 15 is 0 Å². The van der Waals surface area contributed by atoms with E-state index in [1.165, 1.54) is 29.6 Å². The Morgan fingerprint density at radius 1 is 1.21 bits per heavy atom. The third-order valence-electron chi connectivity index (χ3n) is 4.30. The van der Waals surface area contributed by atoms with Crippen LogP contribution in [0.3, 0.4) is 0 Å². The molecule has 8 heteroatoms. The molecule has 0 aromatic heterocycles. The number of ether oxygens (including phenoxy) is 2. The van der Waals surface area contributed by atoms with Crippen molar-refractivity contribution in [3.8, 4) is 18.1 Å². The Morgan fingerprint density at radius 3 is 2.64 bits per heavy atom. The van der Waals surface area contributed by atoms with Gasteiger partial charge in [-0.15, -0.1) is 6.42 Å². The van der Waals surface area contributed by atoms with E-state index in [2.05, 4.69) is 11.2 Å². The number of sulfonamides is 1. The predicted molar refractivity (Wildman–Crippen MR) is 105 cm³/mol. The molecule has 0 bridgehead atoms. The van der Waals surface area contributed by atoms with Gasteiger partial charge in [0.05, 0.1) is 20.3 Å². The van der Waals surface area contributed by atoms with E-state index < -0.39 is 15.9 Å². The highest BCUT2D eigenvalue weighted by atomic mass is 32.2. The number of methoxy groups -OCH3 is 1. The molecule has 1 saturated heterocycles. The second-order valence-electron chi connectivity index (χ2n) is 6.06. The molecule has 0 aliphatic carbocycles. The Labute approximate surface area is 164 Å². The first kappa shape index (κ1) is 19.9. The number of hydrogen-bond donors (Lipinski definition) is 1. The van der Waals surface area contributed by atoms with Gasteiger partial charge in [-0.25, -0.2) is 8.42 Å². The fraction of sp³-hybridized carbons (Fsp3) is 0.250. The smallest absolute Gasteiger partial charge is 0.255 e. The van der Waals surface area contributed by atoms with Gasteiger partial charge in [-0.3, -0.25) is 4.79 Å². The first-order valence-electron chi connectivity index (χ1n) is 8.59. The summed E-state index contributed by atoms with van der Waals surface area (Å²) in [6.07, 6.45) is 5.37. The van der Waals surface area contributed by atoms with Crippen molar-refractivity contribution < 1.29 is 22.7 Å². The Hall–Kier alpha value is -2.86.